The van der Waals surface area contributed by atoms with Crippen LogP contribution in [-0.2, 0) is 0 Å². The summed E-state index contributed by atoms with van der Waals surface area (Å²) < 4.78 is 0. The van der Waals surface area contributed by atoms with Gasteiger partial charge in [-0.2, -0.15) is 0 Å². The van der Waals surface area contributed by atoms with Crippen LogP contribution < -0.4 is 11.3 Å². The van der Waals surface area contributed by atoms with Crippen LogP contribution >= 0.6 is 0 Å². The number of benzene rings is 10. The van der Waals surface area contributed by atoms with Gasteiger partial charge in [0.2, 0.25) is 0 Å². The van der Waals surface area contributed by atoms with Gasteiger partial charge in [-0.05, 0) is 83.1 Å². The van der Waals surface area contributed by atoms with Crippen molar-refractivity contribution < 1.29 is 0 Å². The number of nitrogens with two attached hydrogens (primary N) is 1. The Morgan fingerprint density at radius 2 is 0.533 bits per heavy atom. The van der Waals surface area contributed by atoms with Gasteiger partial charge in [-0.15, -0.1) is 0 Å². The number of fused-ring (bicyclic) bond motifs is 1. The Morgan fingerprint density at radius 1 is 0.233 bits per heavy atom. The molecule has 10 aromatic carbocycles. The lowest BCUT2D eigenvalue weighted by molar-refractivity contribution is 1.36. The van der Waals surface area contributed by atoms with Gasteiger partial charge in [0.1, 0.15) is 0 Å². The van der Waals surface area contributed by atoms with Crippen molar-refractivity contribution in [2.24, 2.45) is 5.84 Å². The van der Waals surface area contributed by atoms with Gasteiger partial charge in [0.25, 0.3) is 0 Å². The molecule has 0 aliphatic rings. The minimum atomic E-state index is 0.876. The van der Waals surface area contributed by atoms with Gasteiger partial charge in [0.15, 0.2) is 0 Å². The van der Waals surface area contributed by atoms with Gasteiger partial charge < -0.3 is 5.43 Å². The maximum atomic E-state index is 6.78. The predicted octanol–water partition coefficient (Wildman–Crippen LogP) is 15.5. The summed E-state index contributed by atoms with van der Waals surface area (Å²) in [5.74, 6) is 6.78. The first kappa shape index (κ1) is 36.6. The number of hydrogen-bond donors (Lipinski definition) is 2. The molecule has 0 aliphatic carbocycles. The molecular formula is C58H42N2. The van der Waals surface area contributed by atoms with E-state index in [9.17, 15) is 0 Å². The van der Waals surface area contributed by atoms with Crippen LogP contribution in [0.1, 0.15) is 0 Å². The minimum Gasteiger partial charge on any atom is -0.323 e. The van der Waals surface area contributed by atoms with Crippen LogP contribution in [0.5, 0.6) is 0 Å². The molecule has 0 spiro atoms. The van der Waals surface area contributed by atoms with E-state index in [4.69, 9.17) is 5.84 Å². The largest absolute Gasteiger partial charge is 0.323 e. The highest BCUT2D eigenvalue weighted by Gasteiger charge is 2.25. The van der Waals surface area contributed by atoms with E-state index in [0.717, 1.165) is 66.7 Å². The molecule has 0 heterocycles. The molecule has 0 aliphatic heterocycles. The Morgan fingerprint density at radius 3 is 0.900 bits per heavy atom. The lowest BCUT2D eigenvalue weighted by atomic mass is 9.80. The Labute approximate surface area is 351 Å². The number of anilines is 1. The van der Waals surface area contributed by atoms with Crippen molar-refractivity contribution in [1.29, 1.82) is 0 Å². The fourth-order valence-corrected chi connectivity index (χ4v) is 8.65. The maximum Gasteiger partial charge on any atom is 0.0654 e. The summed E-state index contributed by atoms with van der Waals surface area (Å²) in [4.78, 5) is 0. The van der Waals surface area contributed by atoms with Crippen molar-refractivity contribution in [2.45, 2.75) is 0 Å². The van der Waals surface area contributed by atoms with Gasteiger partial charge in [-0.25, -0.2) is 0 Å². The van der Waals surface area contributed by atoms with Crippen molar-refractivity contribution in [3.63, 3.8) is 0 Å². The summed E-state index contributed by atoms with van der Waals surface area (Å²) >= 11 is 0. The first-order valence-corrected chi connectivity index (χ1v) is 20.5. The van der Waals surface area contributed by atoms with Crippen molar-refractivity contribution >= 4 is 16.5 Å². The third kappa shape index (κ3) is 6.96. The van der Waals surface area contributed by atoms with Gasteiger partial charge in [0, 0.05) is 16.7 Å². The van der Waals surface area contributed by atoms with Crippen LogP contribution in [0.3, 0.4) is 0 Å². The number of nitrogen functional groups attached to an aromatic ring is 1. The molecule has 0 saturated heterocycles. The molecule has 0 aromatic heterocycles. The molecule has 0 saturated carbocycles. The van der Waals surface area contributed by atoms with E-state index < -0.39 is 0 Å². The molecule has 0 amide bonds. The molecular weight excluding hydrogens is 725 g/mol. The SMILES string of the molecule is NNc1c(-c2ccc(-c3ccccc3)cc2)c(-c2ccc(-c3ccccc3)cc2)c2c(-c3ccc(-c4ccccc4)cc3)cccc2c1-c1ccc(-c2ccccc2)cc1. The normalized spacial score (nSPS) is 11.1. The van der Waals surface area contributed by atoms with E-state index >= 15 is 0 Å². The Bertz CT molecular complexity index is 3030. The average molecular weight is 767 g/mol. The summed E-state index contributed by atoms with van der Waals surface area (Å²) in [7, 11) is 0. The van der Waals surface area contributed by atoms with Gasteiger partial charge in [-0.1, -0.05) is 237 Å². The van der Waals surface area contributed by atoms with Crippen LogP contribution in [0.2, 0.25) is 0 Å². The highest BCUT2D eigenvalue weighted by molar-refractivity contribution is 6.21. The van der Waals surface area contributed by atoms with E-state index in [1.54, 1.807) is 0 Å². The van der Waals surface area contributed by atoms with Gasteiger partial charge in [-0.3, -0.25) is 5.84 Å². The molecule has 3 N–H and O–H groups in total. The highest BCUT2D eigenvalue weighted by atomic mass is 15.2. The van der Waals surface area contributed by atoms with Crippen LogP contribution in [0.15, 0.2) is 237 Å². The Hall–Kier alpha value is -7.78. The second-order valence-electron chi connectivity index (χ2n) is 15.1. The molecule has 0 bridgehead atoms. The summed E-state index contributed by atoms with van der Waals surface area (Å²) in [6, 6.07) is 84.7. The molecule has 10 aromatic rings. The molecule has 2 heteroatoms. The van der Waals surface area contributed by atoms with Gasteiger partial charge in [0.05, 0.1) is 5.69 Å². The molecule has 0 unspecified atom stereocenters. The van der Waals surface area contributed by atoms with Crippen molar-refractivity contribution in [1.82, 2.24) is 0 Å². The van der Waals surface area contributed by atoms with Crippen LogP contribution in [0, 0.1) is 0 Å². The van der Waals surface area contributed by atoms with Crippen LogP contribution in [0.4, 0.5) is 5.69 Å². The van der Waals surface area contributed by atoms with Crippen molar-refractivity contribution in [3.8, 4) is 89.0 Å². The van der Waals surface area contributed by atoms with Crippen molar-refractivity contribution in [2.75, 3.05) is 5.43 Å². The van der Waals surface area contributed by atoms with E-state index in [1.165, 1.54) is 38.8 Å². The van der Waals surface area contributed by atoms with E-state index in [2.05, 4.69) is 242 Å². The molecule has 0 atom stereocenters. The van der Waals surface area contributed by atoms with E-state index in [-0.39, 0.29) is 0 Å². The first-order chi connectivity index (χ1) is 29.7. The third-order valence-electron chi connectivity index (χ3n) is 11.6. The zero-order valence-electron chi connectivity index (χ0n) is 33.1. The third-order valence-corrected chi connectivity index (χ3v) is 11.6. The first-order valence-electron chi connectivity index (χ1n) is 20.5. The number of hydrogen-bond acceptors (Lipinski definition) is 2. The molecule has 2 nitrogen and oxygen atoms in total. The minimum absolute atomic E-state index is 0.876. The average Bonchev–Trinajstić information content (AvgIpc) is 3.34. The van der Waals surface area contributed by atoms with Gasteiger partial charge >= 0.3 is 0 Å². The second-order valence-corrected chi connectivity index (χ2v) is 15.1. The number of nitrogens with one attached hydrogen (secondary N) is 1. The van der Waals surface area contributed by atoms with Crippen molar-refractivity contribution in [3.05, 3.63) is 237 Å². The van der Waals surface area contributed by atoms with Crippen LogP contribution in [0.25, 0.3) is 99.8 Å². The van der Waals surface area contributed by atoms with Crippen LogP contribution in [-0.4, -0.2) is 0 Å². The maximum absolute atomic E-state index is 6.78. The quantitative estimate of drug-likeness (QED) is 0.113. The van der Waals surface area contributed by atoms with E-state index in [0.29, 0.717) is 0 Å². The second kappa shape index (κ2) is 16.2. The zero-order valence-corrected chi connectivity index (χ0v) is 33.1. The summed E-state index contributed by atoms with van der Waals surface area (Å²) in [5, 5.41) is 2.28. The molecule has 60 heavy (non-hydrogen) atoms. The lowest BCUT2D eigenvalue weighted by Gasteiger charge is -2.25. The molecule has 10 rings (SSSR count). The molecule has 0 radical (unpaired) electrons. The lowest BCUT2D eigenvalue weighted by Crippen LogP contribution is -2.11. The Kier molecular flexibility index (Phi) is 9.89. The molecule has 284 valence electrons. The summed E-state index contributed by atoms with van der Waals surface area (Å²) in [6.45, 7) is 0. The summed E-state index contributed by atoms with van der Waals surface area (Å²) in [5.41, 5.74) is 22.4. The Balaban J connectivity index is 1.27. The molecule has 0 fully saturated rings. The summed E-state index contributed by atoms with van der Waals surface area (Å²) in [6.07, 6.45) is 0. The standard InChI is InChI=1S/C58H42N2/c59-60-58-54(49-34-26-45(27-35-49)41-16-7-2-8-17-41)53-23-13-22-52(48-32-24-44(25-33-48)40-14-5-1-6-15-40)57(53)55(50-36-28-46(29-37-50)42-18-9-3-10-19-42)56(58)51-38-30-47(31-39-51)43-20-11-4-12-21-43/h1-39,60H,59H2. The highest BCUT2D eigenvalue weighted by Crippen LogP contribution is 2.52. The number of hydrazine groups is 1. The topological polar surface area (TPSA) is 38.0 Å². The fraction of sp³-hybridized carbons (Fsp3) is 0. The fourth-order valence-electron chi connectivity index (χ4n) is 8.65. The predicted molar refractivity (Wildman–Crippen MR) is 255 cm³/mol. The smallest absolute Gasteiger partial charge is 0.0654 e. The number of rotatable bonds is 9. The zero-order chi connectivity index (χ0) is 40.3. The monoisotopic (exact) mass is 766 g/mol. The van der Waals surface area contributed by atoms with E-state index in [1.807, 2.05) is 0 Å².